The molecule has 25 heavy (non-hydrogen) atoms. The second-order valence-corrected chi connectivity index (χ2v) is 7.23. The third kappa shape index (κ3) is 3.89. The smallest absolute Gasteiger partial charge is 0.228 e. The van der Waals surface area contributed by atoms with E-state index in [0.29, 0.717) is 31.0 Å². The first-order valence-corrected chi connectivity index (χ1v) is 8.18. The van der Waals surface area contributed by atoms with Crippen LogP contribution in [0.25, 0.3) is 0 Å². The Morgan fingerprint density at radius 3 is 2.16 bits per heavy atom. The first-order chi connectivity index (χ1) is 11.8. The molecule has 0 N–H and O–H groups in total. The van der Waals surface area contributed by atoms with Crippen molar-refractivity contribution in [1.82, 2.24) is 19.8 Å². The molecule has 1 atom stereocenters. The van der Waals surface area contributed by atoms with Crippen LogP contribution >= 0.6 is 0 Å². The van der Waals surface area contributed by atoms with Gasteiger partial charge in [-0.15, -0.1) is 0 Å². The predicted octanol–water partition coefficient (Wildman–Crippen LogP) is 1.84. The summed E-state index contributed by atoms with van der Waals surface area (Å²) in [5.41, 5.74) is 0.998. The first kappa shape index (κ1) is 17.2. The molecule has 0 radical (unpaired) electrons. The van der Waals surface area contributed by atoms with Gasteiger partial charge in [-0.05, 0) is 20.8 Å². The largest absolute Gasteiger partial charge is 0.451 e. The number of oxazole rings is 2. The molecule has 3 rings (SSSR count). The lowest BCUT2D eigenvalue weighted by Crippen LogP contribution is -2.43. The molecule has 1 saturated heterocycles. The number of carbonyl (C=O) groups excluding carboxylic acids is 2. The van der Waals surface area contributed by atoms with E-state index >= 15 is 0 Å². The van der Waals surface area contributed by atoms with Crippen LogP contribution in [0.3, 0.4) is 0 Å². The number of likely N-dealkylation sites (tertiary alicyclic amines) is 1. The molecule has 0 saturated carbocycles. The summed E-state index contributed by atoms with van der Waals surface area (Å²) in [5.74, 6) is -0.453. The number of aromatic nitrogens is 2. The zero-order valence-electron chi connectivity index (χ0n) is 14.6. The minimum Gasteiger partial charge on any atom is -0.451 e. The number of amides is 2. The van der Waals surface area contributed by atoms with Gasteiger partial charge < -0.3 is 18.6 Å². The number of rotatable bonds is 5. The molecule has 0 aliphatic carbocycles. The molecule has 0 bridgehead atoms. The van der Waals surface area contributed by atoms with Gasteiger partial charge in [-0.3, -0.25) is 9.59 Å². The van der Waals surface area contributed by atoms with Crippen molar-refractivity contribution in [2.75, 3.05) is 6.54 Å². The van der Waals surface area contributed by atoms with Crippen molar-refractivity contribution in [1.29, 1.82) is 0 Å². The Morgan fingerprint density at radius 1 is 1.20 bits per heavy atom. The van der Waals surface area contributed by atoms with E-state index in [0.717, 1.165) is 0 Å². The maximum atomic E-state index is 13.0. The minimum absolute atomic E-state index is 0.00803. The molecule has 1 aliphatic rings. The third-order valence-corrected chi connectivity index (χ3v) is 4.27. The third-order valence-electron chi connectivity index (χ3n) is 4.27. The van der Waals surface area contributed by atoms with Gasteiger partial charge in [-0.1, -0.05) is 0 Å². The first-order valence-electron chi connectivity index (χ1n) is 8.18. The van der Waals surface area contributed by atoms with E-state index in [2.05, 4.69) is 9.97 Å². The highest BCUT2D eigenvalue weighted by Crippen LogP contribution is 2.27. The molecule has 134 valence electrons. The molecular formula is C17H22N4O4. The zero-order chi connectivity index (χ0) is 18.0. The topological polar surface area (TPSA) is 92.7 Å². The highest BCUT2D eigenvalue weighted by atomic mass is 16.3. The molecule has 0 aromatic carbocycles. The number of carbonyl (C=O) groups is 2. The van der Waals surface area contributed by atoms with Crippen LogP contribution in [0, 0.1) is 5.92 Å². The van der Waals surface area contributed by atoms with Crippen LogP contribution in [0.1, 0.15) is 38.6 Å². The maximum absolute atomic E-state index is 13.0. The SMILES string of the molecule is CC(C)(C)N1C[C@H](C(=O)N(Cc2cocn2)Cc2cocn2)CC1=O. The van der Waals surface area contributed by atoms with Gasteiger partial charge in [0.25, 0.3) is 0 Å². The molecule has 3 heterocycles. The molecule has 1 fully saturated rings. The van der Waals surface area contributed by atoms with Gasteiger partial charge in [0.15, 0.2) is 12.8 Å². The van der Waals surface area contributed by atoms with E-state index < -0.39 is 0 Å². The zero-order valence-corrected chi connectivity index (χ0v) is 14.6. The highest BCUT2D eigenvalue weighted by molar-refractivity contribution is 5.89. The molecule has 2 amide bonds. The van der Waals surface area contributed by atoms with Gasteiger partial charge in [0, 0.05) is 18.5 Å². The minimum atomic E-state index is -0.370. The molecule has 2 aromatic rings. The van der Waals surface area contributed by atoms with Crippen molar-refractivity contribution >= 4 is 11.8 Å². The molecule has 0 spiro atoms. The van der Waals surface area contributed by atoms with Gasteiger partial charge in [-0.2, -0.15) is 0 Å². The van der Waals surface area contributed by atoms with Crippen LogP contribution < -0.4 is 0 Å². The maximum Gasteiger partial charge on any atom is 0.228 e. The van der Waals surface area contributed by atoms with Gasteiger partial charge >= 0.3 is 0 Å². The highest BCUT2D eigenvalue weighted by Gasteiger charge is 2.41. The van der Waals surface area contributed by atoms with Crippen molar-refractivity contribution in [3.05, 3.63) is 36.7 Å². The molecule has 1 aliphatic heterocycles. The van der Waals surface area contributed by atoms with Gasteiger partial charge in [0.1, 0.15) is 12.5 Å². The molecule has 8 heteroatoms. The quantitative estimate of drug-likeness (QED) is 0.820. The van der Waals surface area contributed by atoms with Crippen LogP contribution in [0.2, 0.25) is 0 Å². The van der Waals surface area contributed by atoms with Crippen LogP contribution in [-0.2, 0) is 22.7 Å². The van der Waals surface area contributed by atoms with E-state index in [1.54, 1.807) is 9.80 Å². The second-order valence-electron chi connectivity index (χ2n) is 7.23. The van der Waals surface area contributed by atoms with Gasteiger partial charge in [0.2, 0.25) is 11.8 Å². The van der Waals surface area contributed by atoms with Crippen molar-refractivity contribution in [2.45, 2.75) is 45.8 Å². The van der Waals surface area contributed by atoms with Crippen molar-refractivity contribution in [2.24, 2.45) is 5.92 Å². The lowest BCUT2D eigenvalue weighted by Gasteiger charge is -2.32. The Kier molecular flexibility index (Phi) is 4.61. The van der Waals surface area contributed by atoms with Crippen molar-refractivity contribution < 1.29 is 18.4 Å². The van der Waals surface area contributed by atoms with E-state index in [-0.39, 0.29) is 29.7 Å². The number of hydrogen-bond donors (Lipinski definition) is 0. The van der Waals surface area contributed by atoms with Crippen LogP contribution in [0.5, 0.6) is 0 Å². The van der Waals surface area contributed by atoms with Crippen LogP contribution in [0.15, 0.2) is 34.1 Å². The molecular weight excluding hydrogens is 324 g/mol. The molecule has 0 unspecified atom stereocenters. The summed E-state index contributed by atoms with van der Waals surface area (Å²) < 4.78 is 9.98. The summed E-state index contributed by atoms with van der Waals surface area (Å²) in [7, 11) is 0. The standard InChI is InChI=1S/C17H22N4O4/c1-17(2,3)21-5-12(4-15(21)22)16(23)20(6-13-8-24-10-18-13)7-14-9-25-11-19-14/h8-12H,4-7H2,1-3H3/t12-/m1/s1. The summed E-state index contributed by atoms with van der Waals surface area (Å²) in [6.07, 6.45) is 5.89. The average molecular weight is 346 g/mol. The fourth-order valence-electron chi connectivity index (χ4n) is 3.01. The molecule has 2 aromatic heterocycles. The van der Waals surface area contributed by atoms with E-state index in [4.69, 9.17) is 8.83 Å². The van der Waals surface area contributed by atoms with E-state index in [1.807, 2.05) is 20.8 Å². The van der Waals surface area contributed by atoms with Gasteiger partial charge in [0.05, 0.1) is 30.4 Å². The summed E-state index contributed by atoms with van der Waals surface area (Å²) in [6, 6.07) is 0. The monoisotopic (exact) mass is 346 g/mol. The number of nitrogens with zero attached hydrogens (tertiary/aromatic N) is 4. The van der Waals surface area contributed by atoms with E-state index in [9.17, 15) is 9.59 Å². The Hall–Kier alpha value is -2.64. The van der Waals surface area contributed by atoms with Gasteiger partial charge in [-0.25, -0.2) is 9.97 Å². The Labute approximate surface area is 145 Å². The lowest BCUT2D eigenvalue weighted by molar-refractivity contribution is -0.137. The fourth-order valence-corrected chi connectivity index (χ4v) is 3.01. The normalized spacial score (nSPS) is 18.0. The fraction of sp³-hybridized carbons (Fsp3) is 0.529. The summed E-state index contributed by atoms with van der Waals surface area (Å²) in [6.45, 7) is 6.93. The van der Waals surface area contributed by atoms with Crippen LogP contribution in [-0.4, -0.2) is 43.7 Å². The Morgan fingerprint density at radius 2 is 1.76 bits per heavy atom. The van der Waals surface area contributed by atoms with Crippen LogP contribution in [0.4, 0.5) is 0 Å². The summed E-state index contributed by atoms with van der Waals surface area (Å²) in [5, 5.41) is 0. The predicted molar refractivity (Wildman–Crippen MR) is 86.8 cm³/mol. The van der Waals surface area contributed by atoms with Crippen molar-refractivity contribution in [3.63, 3.8) is 0 Å². The lowest BCUT2D eigenvalue weighted by atomic mass is 10.1. The van der Waals surface area contributed by atoms with Crippen molar-refractivity contribution in [3.8, 4) is 0 Å². The summed E-state index contributed by atoms with van der Waals surface area (Å²) >= 11 is 0. The summed E-state index contributed by atoms with van der Waals surface area (Å²) in [4.78, 5) is 36.9. The Bertz CT molecular complexity index is 682. The Balaban J connectivity index is 1.75. The van der Waals surface area contributed by atoms with E-state index in [1.165, 1.54) is 25.3 Å². The molecule has 8 nitrogen and oxygen atoms in total. The average Bonchev–Trinajstić information content (AvgIpc) is 3.26. The number of hydrogen-bond acceptors (Lipinski definition) is 6. The second kappa shape index (κ2) is 6.70.